The van der Waals surface area contributed by atoms with Gasteiger partial charge in [0.05, 0.1) is 27.2 Å². The molecule has 0 saturated carbocycles. The molecule has 0 aromatic rings. The van der Waals surface area contributed by atoms with Gasteiger partial charge in [-0.25, -0.2) is 0 Å². The van der Waals surface area contributed by atoms with Gasteiger partial charge < -0.3 is 19.7 Å². The van der Waals surface area contributed by atoms with E-state index < -0.39 is 5.97 Å². The fourth-order valence-corrected chi connectivity index (χ4v) is 1.48. The summed E-state index contributed by atoms with van der Waals surface area (Å²) in [6.45, 7) is 7.64. The molecular formula is C13H26N2O3. The number of quaternary nitrogens is 1. The molecule has 5 heteroatoms. The third-order valence-corrected chi connectivity index (χ3v) is 2.83. The normalized spacial score (nSPS) is 12.3. The van der Waals surface area contributed by atoms with Crippen molar-refractivity contribution in [3.8, 4) is 0 Å². The second kappa shape index (κ2) is 6.73. The molecule has 5 nitrogen and oxygen atoms in total. The lowest BCUT2D eigenvalue weighted by Gasteiger charge is -2.30. The third kappa shape index (κ3) is 8.06. The van der Waals surface area contributed by atoms with Gasteiger partial charge in [-0.15, -0.1) is 0 Å². The van der Waals surface area contributed by atoms with E-state index in [2.05, 4.69) is 5.32 Å². The van der Waals surface area contributed by atoms with Crippen LogP contribution in [0.5, 0.6) is 0 Å². The van der Waals surface area contributed by atoms with Gasteiger partial charge >= 0.3 is 0 Å². The zero-order chi connectivity index (χ0) is 14.4. The molecule has 0 unspecified atom stereocenters. The molecule has 0 spiro atoms. The molecule has 0 radical (unpaired) electrons. The second-order valence-electron chi connectivity index (χ2n) is 6.36. The molecule has 0 aromatic carbocycles. The van der Waals surface area contributed by atoms with E-state index in [-0.39, 0.29) is 17.7 Å². The summed E-state index contributed by atoms with van der Waals surface area (Å²) in [5.74, 6) is -0.968. The Morgan fingerprint density at radius 3 is 2.17 bits per heavy atom. The first-order valence-corrected chi connectivity index (χ1v) is 6.35. The first-order chi connectivity index (χ1) is 8.04. The number of hydrogen-bond acceptors (Lipinski definition) is 3. The van der Waals surface area contributed by atoms with E-state index in [1.807, 2.05) is 34.9 Å². The topological polar surface area (TPSA) is 69.2 Å². The number of rotatable bonds is 7. The highest BCUT2D eigenvalue weighted by Crippen LogP contribution is 2.12. The van der Waals surface area contributed by atoms with Gasteiger partial charge in [0.25, 0.3) is 0 Å². The molecule has 0 heterocycles. The van der Waals surface area contributed by atoms with Crippen molar-refractivity contribution in [1.82, 2.24) is 5.32 Å². The summed E-state index contributed by atoms with van der Waals surface area (Å²) >= 11 is 0. The van der Waals surface area contributed by atoms with E-state index in [0.29, 0.717) is 17.6 Å². The Morgan fingerprint density at radius 2 is 1.72 bits per heavy atom. The Labute approximate surface area is 110 Å². The van der Waals surface area contributed by atoms with Gasteiger partial charge in [-0.3, -0.25) is 4.79 Å². The lowest BCUT2D eigenvalue weighted by Crippen LogP contribution is -2.45. The zero-order valence-electron chi connectivity index (χ0n) is 12.2. The molecule has 1 N–H and O–H groups in total. The molecule has 18 heavy (non-hydrogen) atoms. The van der Waals surface area contributed by atoms with Crippen LogP contribution < -0.4 is 10.4 Å². The van der Waals surface area contributed by atoms with Gasteiger partial charge in [0, 0.05) is 30.8 Å². The summed E-state index contributed by atoms with van der Waals surface area (Å²) in [6, 6.07) is 0. The van der Waals surface area contributed by atoms with Crippen molar-refractivity contribution in [3.05, 3.63) is 0 Å². The minimum absolute atomic E-state index is 0.0440. The van der Waals surface area contributed by atoms with Gasteiger partial charge in [0.2, 0.25) is 5.91 Å². The predicted octanol–water partition coefficient (Wildman–Crippen LogP) is -0.245. The Hall–Kier alpha value is -1.10. The van der Waals surface area contributed by atoms with Crippen LogP contribution in [0.1, 0.15) is 33.6 Å². The van der Waals surface area contributed by atoms with Crippen molar-refractivity contribution in [2.24, 2.45) is 5.41 Å². The second-order valence-corrected chi connectivity index (χ2v) is 6.36. The van der Waals surface area contributed by atoms with Crippen molar-refractivity contribution in [3.63, 3.8) is 0 Å². The average Bonchev–Trinajstić information content (AvgIpc) is 2.20. The van der Waals surface area contributed by atoms with Crippen LogP contribution >= 0.6 is 0 Å². The molecule has 106 valence electrons. The van der Waals surface area contributed by atoms with Gasteiger partial charge in [0.1, 0.15) is 0 Å². The molecule has 0 bridgehead atoms. The largest absolute Gasteiger partial charge is 0.550 e. The number of hydrogen-bond donors (Lipinski definition) is 1. The van der Waals surface area contributed by atoms with Crippen LogP contribution in [0.4, 0.5) is 0 Å². The van der Waals surface area contributed by atoms with Crippen molar-refractivity contribution in [1.29, 1.82) is 0 Å². The summed E-state index contributed by atoms with van der Waals surface area (Å²) in [4.78, 5) is 22.0. The molecule has 0 rings (SSSR count). The number of carboxylic acids is 1. The number of nitrogens with one attached hydrogen (secondary N) is 1. The molecule has 0 atom stereocenters. The zero-order valence-corrected chi connectivity index (χ0v) is 12.2. The lowest BCUT2D eigenvalue weighted by molar-refractivity contribution is -0.890. The molecule has 0 fully saturated rings. The standard InChI is InChI=1S/C13H26N2O3/c1-13(2,3)12(18)14-8-6-9-15(4,5)10-7-11(16)17/h6-10H2,1-5H3,(H-,14,16,17,18). The third-order valence-electron chi connectivity index (χ3n) is 2.83. The van der Waals surface area contributed by atoms with Crippen molar-refractivity contribution < 1.29 is 19.2 Å². The van der Waals surface area contributed by atoms with Crippen LogP contribution in [-0.2, 0) is 9.59 Å². The van der Waals surface area contributed by atoms with E-state index >= 15 is 0 Å². The highest BCUT2D eigenvalue weighted by atomic mass is 16.4. The molecule has 0 aromatic heterocycles. The van der Waals surface area contributed by atoms with Crippen molar-refractivity contribution in [2.45, 2.75) is 33.6 Å². The molecule has 0 aliphatic carbocycles. The van der Waals surface area contributed by atoms with Crippen LogP contribution in [-0.4, -0.2) is 50.1 Å². The fraction of sp³-hybridized carbons (Fsp3) is 0.846. The number of amides is 1. The van der Waals surface area contributed by atoms with Gasteiger partial charge in [-0.05, 0) is 0 Å². The maximum atomic E-state index is 11.6. The quantitative estimate of drug-likeness (QED) is 0.506. The summed E-state index contributed by atoms with van der Waals surface area (Å²) in [5, 5.41) is 13.3. The molecule has 1 amide bonds. The number of carbonyl (C=O) groups excluding carboxylic acids is 2. The maximum absolute atomic E-state index is 11.6. The van der Waals surface area contributed by atoms with E-state index in [1.165, 1.54) is 0 Å². The molecule has 0 aliphatic heterocycles. The van der Waals surface area contributed by atoms with Crippen molar-refractivity contribution in [2.75, 3.05) is 33.7 Å². The molecule has 0 saturated heterocycles. The van der Waals surface area contributed by atoms with Crippen LogP contribution in [0.15, 0.2) is 0 Å². The van der Waals surface area contributed by atoms with Crippen LogP contribution in [0.25, 0.3) is 0 Å². The summed E-state index contributed by atoms with van der Waals surface area (Å²) in [6.07, 6.45) is 0.906. The number of carbonyl (C=O) groups is 2. The highest BCUT2D eigenvalue weighted by molar-refractivity contribution is 5.81. The number of carboxylic acid groups (broad SMARTS) is 1. The van der Waals surface area contributed by atoms with E-state index in [4.69, 9.17) is 0 Å². The average molecular weight is 258 g/mol. The highest BCUT2D eigenvalue weighted by Gasteiger charge is 2.21. The fourth-order valence-electron chi connectivity index (χ4n) is 1.48. The van der Waals surface area contributed by atoms with Crippen LogP contribution in [0, 0.1) is 5.41 Å². The monoisotopic (exact) mass is 258 g/mol. The van der Waals surface area contributed by atoms with Gasteiger partial charge in [-0.1, -0.05) is 20.8 Å². The SMILES string of the molecule is CC(C)(C)C(=O)NCCC[N+](C)(C)CCC(=O)[O-]. The lowest BCUT2D eigenvalue weighted by atomic mass is 9.96. The minimum Gasteiger partial charge on any atom is -0.550 e. The van der Waals surface area contributed by atoms with E-state index in [9.17, 15) is 14.7 Å². The summed E-state index contributed by atoms with van der Waals surface area (Å²) in [7, 11) is 3.96. The van der Waals surface area contributed by atoms with Crippen molar-refractivity contribution >= 4 is 11.9 Å². The first-order valence-electron chi connectivity index (χ1n) is 6.35. The Bertz CT molecular complexity index is 293. The summed E-state index contributed by atoms with van der Waals surface area (Å²) in [5.41, 5.74) is -0.362. The first kappa shape index (κ1) is 16.9. The molecule has 0 aliphatic rings. The summed E-state index contributed by atoms with van der Waals surface area (Å²) < 4.78 is 0.624. The predicted molar refractivity (Wildman–Crippen MR) is 68.5 cm³/mol. The molecular weight excluding hydrogens is 232 g/mol. The Morgan fingerprint density at radius 1 is 1.17 bits per heavy atom. The van der Waals surface area contributed by atoms with Crippen LogP contribution in [0.2, 0.25) is 0 Å². The van der Waals surface area contributed by atoms with E-state index in [1.54, 1.807) is 0 Å². The maximum Gasteiger partial charge on any atom is 0.225 e. The number of aliphatic carboxylic acids is 1. The smallest absolute Gasteiger partial charge is 0.225 e. The van der Waals surface area contributed by atoms with Gasteiger partial charge in [-0.2, -0.15) is 0 Å². The Balaban J connectivity index is 3.83. The minimum atomic E-state index is -1.01. The number of nitrogens with zero attached hydrogens (tertiary/aromatic N) is 1. The van der Waals surface area contributed by atoms with Crippen LogP contribution in [0.3, 0.4) is 0 Å². The Kier molecular flexibility index (Phi) is 6.32. The van der Waals surface area contributed by atoms with Gasteiger partial charge in [0.15, 0.2) is 0 Å². The van der Waals surface area contributed by atoms with E-state index in [0.717, 1.165) is 13.0 Å².